The molecule has 2 heterocycles. The maximum absolute atomic E-state index is 14.9. The van der Waals surface area contributed by atoms with E-state index < -0.39 is 0 Å². The molecule has 0 atom stereocenters. The quantitative estimate of drug-likeness (QED) is 0.160. The maximum Gasteiger partial charge on any atom is 0.197 e. The summed E-state index contributed by atoms with van der Waals surface area (Å²) in [6, 6.07) is 23.3. The highest BCUT2D eigenvalue weighted by molar-refractivity contribution is 6.18. The van der Waals surface area contributed by atoms with Crippen molar-refractivity contribution in [1.29, 1.82) is 0 Å². The third-order valence-electron chi connectivity index (χ3n) is 9.04. The van der Waals surface area contributed by atoms with Gasteiger partial charge in [0, 0.05) is 65.2 Å². The van der Waals surface area contributed by atoms with Gasteiger partial charge in [-0.3, -0.25) is 14.8 Å². The number of para-hydroxylation sites is 2. The molecule has 0 saturated carbocycles. The molecule has 0 fully saturated rings. The van der Waals surface area contributed by atoms with Crippen LogP contribution in [0.2, 0.25) is 0 Å². The van der Waals surface area contributed by atoms with E-state index in [1.165, 1.54) is 0 Å². The van der Waals surface area contributed by atoms with E-state index in [0.717, 1.165) is 45.3 Å². The zero-order valence-electron chi connectivity index (χ0n) is 30.0. The molecule has 4 aromatic rings. The van der Waals surface area contributed by atoms with E-state index in [4.69, 9.17) is 29.2 Å². The Bertz CT molecular complexity index is 1830. The van der Waals surface area contributed by atoms with E-state index in [9.17, 15) is 4.79 Å². The molecular weight excluding hydrogens is 632 g/mol. The lowest BCUT2D eigenvalue weighted by atomic mass is 9.97. The molecule has 2 aliphatic heterocycles. The molecule has 2 aliphatic rings. The van der Waals surface area contributed by atoms with Crippen molar-refractivity contribution in [3.63, 3.8) is 0 Å². The minimum atomic E-state index is -0.105. The topological polar surface area (TPSA) is 91.7 Å². The van der Waals surface area contributed by atoms with Crippen LogP contribution >= 0.6 is 0 Å². The van der Waals surface area contributed by atoms with E-state index in [2.05, 4.69) is 0 Å². The van der Waals surface area contributed by atoms with Crippen molar-refractivity contribution in [2.75, 3.05) is 89.5 Å². The smallest absolute Gasteiger partial charge is 0.197 e. The molecule has 11 nitrogen and oxygen atoms in total. The Morgan fingerprint density at radius 1 is 0.580 bits per heavy atom. The standard InChI is InChI=1S/C39H44N6O5/c1-42(2)31-13-9-11-27(37(31)44-21-19-29(40-44)25-15-17-33(47-5)35(23-25)49-7)39(46)28-12-10-14-32(43(3)4)38(28)45-22-20-30(41-45)26-16-18-34(48-6)36(24-26)50-8/h9-18,23-24H,19-22H2,1-8H3. The summed E-state index contributed by atoms with van der Waals surface area (Å²) in [5.41, 5.74) is 8.14. The number of carbonyl (C=O) groups excluding carboxylic acids is 1. The molecule has 0 amide bonds. The molecule has 0 unspecified atom stereocenters. The maximum atomic E-state index is 14.9. The van der Waals surface area contributed by atoms with Gasteiger partial charge in [0.05, 0.1) is 73.7 Å². The second-order valence-electron chi connectivity index (χ2n) is 12.4. The summed E-state index contributed by atoms with van der Waals surface area (Å²) in [6.45, 7) is 1.23. The second kappa shape index (κ2) is 14.4. The molecular formula is C39H44N6O5. The average molecular weight is 677 g/mol. The highest BCUT2D eigenvalue weighted by atomic mass is 16.5. The fourth-order valence-corrected chi connectivity index (χ4v) is 6.51. The molecule has 260 valence electrons. The van der Waals surface area contributed by atoms with Crippen LogP contribution in [0.15, 0.2) is 83.0 Å². The van der Waals surface area contributed by atoms with Crippen LogP contribution in [0.4, 0.5) is 22.7 Å². The number of ether oxygens (including phenoxy) is 4. The van der Waals surface area contributed by atoms with E-state index in [1.54, 1.807) is 28.4 Å². The van der Waals surface area contributed by atoms with Gasteiger partial charge in [0.1, 0.15) is 0 Å². The van der Waals surface area contributed by atoms with Crippen molar-refractivity contribution < 1.29 is 23.7 Å². The monoisotopic (exact) mass is 676 g/mol. The largest absolute Gasteiger partial charge is 0.493 e. The Morgan fingerprint density at radius 2 is 0.980 bits per heavy atom. The number of carbonyl (C=O) groups is 1. The fraction of sp³-hybridized carbons (Fsp3) is 0.308. The number of anilines is 4. The van der Waals surface area contributed by atoms with Gasteiger partial charge in [0.25, 0.3) is 0 Å². The molecule has 0 saturated heterocycles. The Morgan fingerprint density at radius 3 is 1.34 bits per heavy atom. The van der Waals surface area contributed by atoms with Crippen molar-refractivity contribution >= 4 is 40.0 Å². The average Bonchev–Trinajstić information content (AvgIpc) is 3.84. The SMILES string of the molecule is COc1ccc(C2=NN(c3c(C(=O)c4cccc(N(C)C)c4N4CCC(c5ccc(OC)c(OC)c5)=N4)cccc3N(C)C)CC2)cc1OC. The Hall–Kier alpha value is -5.71. The summed E-state index contributed by atoms with van der Waals surface area (Å²) in [4.78, 5) is 19.0. The van der Waals surface area contributed by atoms with Gasteiger partial charge in [0.2, 0.25) is 0 Å². The van der Waals surface area contributed by atoms with E-state index in [0.29, 0.717) is 60.1 Å². The molecule has 0 bridgehead atoms. The molecule has 0 N–H and O–H groups in total. The van der Waals surface area contributed by atoms with E-state index in [1.807, 2.05) is 121 Å². The highest BCUT2D eigenvalue weighted by Gasteiger charge is 2.31. The molecule has 4 aromatic carbocycles. The van der Waals surface area contributed by atoms with Crippen LogP contribution in [-0.4, -0.2) is 86.9 Å². The van der Waals surface area contributed by atoms with Crippen molar-refractivity contribution in [1.82, 2.24) is 0 Å². The lowest BCUT2D eigenvalue weighted by Crippen LogP contribution is -2.24. The van der Waals surface area contributed by atoms with Gasteiger partial charge in [-0.25, -0.2) is 0 Å². The van der Waals surface area contributed by atoms with Crippen molar-refractivity contribution in [3.05, 3.63) is 95.1 Å². The first-order chi connectivity index (χ1) is 24.2. The Labute approximate surface area is 293 Å². The van der Waals surface area contributed by atoms with Crippen LogP contribution in [0, 0.1) is 0 Å². The number of methoxy groups -OCH3 is 4. The molecule has 0 aromatic heterocycles. The summed E-state index contributed by atoms with van der Waals surface area (Å²) in [6.07, 6.45) is 1.40. The predicted octanol–water partition coefficient (Wildman–Crippen LogP) is 6.31. The van der Waals surface area contributed by atoms with E-state index >= 15 is 0 Å². The zero-order valence-corrected chi connectivity index (χ0v) is 30.0. The minimum Gasteiger partial charge on any atom is -0.493 e. The summed E-state index contributed by atoms with van der Waals surface area (Å²) in [5, 5.41) is 14.0. The first-order valence-electron chi connectivity index (χ1n) is 16.5. The summed E-state index contributed by atoms with van der Waals surface area (Å²) >= 11 is 0. The van der Waals surface area contributed by atoms with Crippen LogP contribution < -0.4 is 38.8 Å². The molecule has 50 heavy (non-hydrogen) atoms. The third-order valence-corrected chi connectivity index (χ3v) is 9.04. The number of hydrogen-bond donors (Lipinski definition) is 0. The second-order valence-corrected chi connectivity index (χ2v) is 12.4. The summed E-state index contributed by atoms with van der Waals surface area (Å²) < 4.78 is 22.0. The van der Waals surface area contributed by atoms with Crippen LogP contribution in [0.1, 0.15) is 39.9 Å². The number of rotatable bonds is 12. The van der Waals surface area contributed by atoms with Gasteiger partial charge in [-0.2, -0.15) is 10.2 Å². The van der Waals surface area contributed by atoms with Gasteiger partial charge in [-0.05, 0) is 60.7 Å². The molecule has 0 radical (unpaired) electrons. The first kappa shape index (κ1) is 34.2. The summed E-state index contributed by atoms with van der Waals surface area (Å²) in [7, 11) is 14.4. The number of hydrazone groups is 2. The molecule has 11 heteroatoms. The van der Waals surface area contributed by atoms with Crippen molar-refractivity contribution in [3.8, 4) is 23.0 Å². The van der Waals surface area contributed by atoms with Gasteiger partial charge in [0.15, 0.2) is 28.8 Å². The highest BCUT2D eigenvalue weighted by Crippen LogP contribution is 2.41. The molecule has 6 rings (SSSR count). The van der Waals surface area contributed by atoms with Gasteiger partial charge in [-0.1, -0.05) is 12.1 Å². The van der Waals surface area contributed by atoms with Crippen molar-refractivity contribution in [2.45, 2.75) is 12.8 Å². The Balaban J connectivity index is 1.42. The van der Waals surface area contributed by atoms with Gasteiger partial charge in [-0.15, -0.1) is 0 Å². The predicted molar refractivity (Wildman–Crippen MR) is 201 cm³/mol. The third kappa shape index (κ3) is 6.38. The van der Waals surface area contributed by atoms with Crippen LogP contribution in [-0.2, 0) is 0 Å². The fourth-order valence-electron chi connectivity index (χ4n) is 6.51. The zero-order chi connectivity index (χ0) is 35.5. The molecule has 0 spiro atoms. The Kier molecular flexibility index (Phi) is 9.85. The number of benzene rings is 4. The number of ketones is 1. The van der Waals surface area contributed by atoms with Crippen LogP contribution in [0.3, 0.4) is 0 Å². The number of hydrogen-bond acceptors (Lipinski definition) is 11. The number of nitrogens with zero attached hydrogens (tertiary/aromatic N) is 6. The minimum absolute atomic E-state index is 0.105. The van der Waals surface area contributed by atoms with Crippen molar-refractivity contribution in [2.24, 2.45) is 10.2 Å². The molecule has 0 aliphatic carbocycles. The van der Waals surface area contributed by atoms with Crippen LogP contribution in [0.25, 0.3) is 0 Å². The van der Waals surface area contributed by atoms with E-state index in [-0.39, 0.29) is 5.78 Å². The lowest BCUT2D eigenvalue weighted by Gasteiger charge is -2.27. The summed E-state index contributed by atoms with van der Waals surface area (Å²) in [5.74, 6) is 2.50. The first-order valence-corrected chi connectivity index (χ1v) is 16.5. The van der Waals surface area contributed by atoms with Crippen LogP contribution in [0.5, 0.6) is 23.0 Å². The van der Waals surface area contributed by atoms with Gasteiger partial charge >= 0.3 is 0 Å². The van der Waals surface area contributed by atoms with Gasteiger partial charge < -0.3 is 28.7 Å². The lowest BCUT2D eigenvalue weighted by molar-refractivity contribution is 0.103. The normalized spacial score (nSPS) is 13.9.